The van der Waals surface area contributed by atoms with Crippen molar-refractivity contribution in [3.63, 3.8) is 0 Å². The van der Waals surface area contributed by atoms with E-state index >= 15 is 0 Å². The lowest BCUT2D eigenvalue weighted by Gasteiger charge is -2.15. The van der Waals surface area contributed by atoms with E-state index in [2.05, 4.69) is 10.9 Å². The molecule has 0 unspecified atom stereocenters. The molecule has 2 aliphatic rings. The van der Waals surface area contributed by atoms with Gasteiger partial charge in [0.15, 0.2) is 11.5 Å². The number of carbonyl (C=O) groups excluding carboxylic acids is 2. The molecular formula is C21H22ClN3O6S. The van der Waals surface area contributed by atoms with Gasteiger partial charge in [0.2, 0.25) is 10.0 Å². The molecule has 2 amide bonds. The molecule has 2 aromatic carbocycles. The normalized spacial score (nSPS) is 16.3. The lowest BCUT2D eigenvalue weighted by atomic mass is 10.2. The molecule has 0 aromatic heterocycles. The first-order chi connectivity index (χ1) is 15.4. The summed E-state index contributed by atoms with van der Waals surface area (Å²) < 4.78 is 37.7. The van der Waals surface area contributed by atoms with E-state index in [1.165, 1.54) is 40.7 Å². The van der Waals surface area contributed by atoms with E-state index in [1.54, 1.807) is 0 Å². The Morgan fingerprint density at radius 1 is 0.875 bits per heavy atom. The van der Waals surface area contributed by atoms with Crippen molar-refractivity contribution in [2.45, 2.75) is 24.2 Å². The van der Waals surface area contributed by atoms with Crippen LogP contribution in [-0.2, 0) is 10.0 Å². The Balaban J connectivity index is 1.40. The number of nitrogens with zero attached hydrogens (tertiary/aromatic N) is 1. The van der Waals surface area contributed by atoms with Gasteiger partial charge < -0.3 is 9.47 Å². The largest absolute Gasteiger partial charge is 0.489 e. The van der Waals surface area contributed by atoms with Crippen molar-refractivity contribution in [2.24, 2.45) is 0 Å². The van der Waals surface area contributed by atoms with Crippen LogP contribution in [0.3, 0.4) is 0 Å². The number of hydrogen-bond acceptors (Lipinski definition) is 6. The number of ether oxygens (including phenoxy) is 2. The number of nitrogens with one attached hydrogen (secondary N) is 2. The van der Waals surface area contributed by atoms with Crippen molar-refractivity contribution in [3.8, 4) is 11.5 Å². The zero-order chi connectivity index (χ0) is 22.7. The van der Waals surface area contributed by atoms with Crippen LogP contribution in [0.25, 0.3) is 0 Å². The zero-order valence-corrected chi connectivity index (χ0v) is 18.7. The van der Waals surface area contributed by atoms with Crippen LogP contribution >= 0.6 is 11.6 Å². The van der Waals surface area contributed by atoms with E-state index in [1.807, 2.05) is 0 Å². The molecular weight excluding hydrogens is 458 g/mol. The Morgan fingerprint density at radius 2 is 1.50 bits per heavy atom. The molecule has 0 saturated carbocycles. The molecule has 0 radical (unpaired) electrons. The fourth-order valence-corrected chi connectivity index (χ4v) is 5.26. The number of fused-ring (bicyclic) bond motifs is 1. The summed E-state index contributed by atoms with van der Waals surface area (Å²) >= 11 is 6.20. The Morgan fingerprint density at radius 3 is 2.19 bits per heavy atom. The predicted octanol–water partition coefficient (Wildman–Crippen LogP) is 2.36. The number of hydrazine groups is 1. The minimum Gasteiger partial charge on any atom is -0.489 e. The highest BCUT2D eigenvalue weighted by atomic mass is 35.5. The van der Waals surface area contributed by atoms with Crippen LogP contribution < -0.4 is 20.3 Å². The molecule has 2 aromatic rings. The van der Waals surface area contributed by atoms with E-state index in [4.69, 9.17) is 21.1 Å². The molecule has 1 fully saturated rings. The summed E-state index contributed by atoms with van der Waals surface area (Å²) in [5.74, 6) is -0.442. The molecule has 9 nitrogen and oxygen atoms in total. The van der Waals surface area contributed by atoms with Crippen LogP contribution in [0, 0.1) is 0 Å². The second-order valence-corrected chi connectivity index (χ2v) is 9.72. The lowest BCUT2D eigenvalue weighted by Crippen LogP contribution is -2.41. The average molecular weight is 480 g/mol. The first-order valence-electron chi connectivity index (χ1n) is 10.2. The Bertz CT molecular complexity index is 1130. The molecule has 4 rings (SSSR count). The molecule has 2 aliphatic heterocycles. The summed E-state index contributed by atoms with van der Waals surface area (Å²) in [6.45, 7) is 1.90. The smallest absolute Gasteiger partial charge is 0.269 e. The monoisotopic (exact) mass is 479 g/mol. The van der Waals surface area contributed by atoms with Crippen LogP contribution in [0.4, 0.5) is 0 Å². The highest BCUT2D eigenvalue weighted by molar-refractivity contribution is 7.89. The Kier molecular flexibility index (Phi) is 6.54. The fourth-order valence-electron chi connectivity index (χ4n) is 3.48. The first-order valence-corrected chi connectivity index (χ1v) is 12.0. The quantitative estimate of drug-likeness (QED) is 0.651. The van der Waals surface area contributed by atoms with Crippen molar-refractivity contribution in [1.29, 1.82) is 0 Å². The van der Waals surface area contributed by atoms with Crippen molar-refractivity contribution < 1.29 is 27.5 Å². The molecule has 2 N–H and O–H groups in total. The SMILES string of the molecule is O=C(NNC(=O)c1cc(Cl)c2c(c1)OCCCO2)c1ccc(S(=O)(=O)N2CCCC2)cc1. The highest BCUT2D eigenvalue weighted by Crippen LogP contribution is 2.37. The lowest BCUT2D eigenvalue weighted by molar-refractivity contribution is 0.0846. The molecule has 0 atom stereocenters. The summed E-state index contributed by atoms with van der Waals surface area (Å²) in [5.41, 5.74) is 5.01. The zero-order valence-electron chi connectivity index (χ0n) is 17.1. The van der Waals surface area contributed by atoms with Gasteiger partial charge in [-0.2, -0.15) is 4.31 Å². The van der Waals surface area contributed by atoms with Crippen LogP contribution in [-0.4, -0.2) is 50.8 Å². The summed E-state index contributed by atoms with van der Waals surface area (Å²) in [6.07, 6.45) is 2.38. The van der Waals surface area contributed by atoms with Gasteiger partial charge in [-0.15, -0.1) is 0 Å². The third kappa shape index (κ3) is 4.67. The molecule has 0 bridgehead atoms. The van der Waals surface area contributed by atoms with Gasteiger partial charge >= 0.3 is 0 Å². The van der Waals surface area contributed by atoms with Gasteiger partial charge in [-0.1, -0.05) is 11.6 Å². The second kappa shape index (κ2) is 9.35. The number of rotatable bonds is 4. The number of sulfonamides is 1. The summed E-state index contributed by atoms with van der Waals surface area (Å²) in [6, 6.07) is 8.48. The molecule has 0 aliphatic carbocycles. The van der Waals surface area contributed by atoms with E-state index in [0.717, 1.165) is 12.8 Å². The van der Waals surface area contributed by atoms with Gasteiger partial charge in [-0.3, -0.25) is 20.4 Å². The third-order valence-electron chi connectivity index (χ3n) is 5.17. The third-order valence-corrected chi connectivity index (χ3v) is 7.37. The van der Waals surface area contributed by atoms with Gasteiger partial charge in [-0.05, 0) is 49.2 Å². The fraction of sp³-hybridized carbons (Fsp3) is 0.333. The first kappa shape index (κ1) is 22.4. The van der Waals surface area contributed by atoms with Gasteiger partial charge in [0.25, 0.3) is 11.8 Å². The molecule has 170 valence electrons. The minimum atomic E-state index is -3.56. The molecule has 11 heteroatoms. The number of benzene rings is 2. The van der Waals surface area contributed by atoms with Crippen LogP contribution in [0.1, 0.15) is 40.0 Å². The number of hydrogen-bond donors (Lipinski definition) is 2. The van der Waals surface area contributed by atoms with Gasteiger partial charge in [0.05, 0.1) is 23.1 Å². The van der Waals surface area contributed by atoms with Gasteiger partial charge in [-0.25, -0.2) is 8.42 Å². The van der Waals surface area contributed by atoms with E-state index in [9.17, 15) is 18.0 Å². The van der Waals surface area contributed by atoms with E-state index < -0.39 is 21.8 Å². The van der Waals surface area contributed by atoms with Crippen molar-refractivity contribution in [2.75, 3.05) is 26.3 Å². The van der Waals surface area contributed by atoms with E-state index in [0.29, 0.717) is 44.2 Å². The van der Waals surface area contributed by atoms with E-state index in [-0.39, 0.29) is 21.0 Å². The second-order valence-electron chi connectivity index (χ2n) is 7.38. The number of halogens is 1. The summed E-state index contributed by atoms with van der Waals surface area (Å²) in [4.78, 5) is 25.0. The molecule has 2 heterocycles. The maximum absolute atomic E-state index is 12.6. The van der Waals surface area contributed by atoms with Crippen molar-refractivity contribution >= 4 is 33.4 Å². The average Bonchev–Trinajstić information content (AvgIpc) is 3.24. The van der Waals surface area contributed by atoms with Gasteiger partial charge in [0, 0.05) is 30.6 Å². The van der Waals surface area contributed by atoms with Crippen molar-refractivity contribution in [3.05, 3.63) is 52.5 Å². The van der Waals surface area contributed by atoms with Crippen LogP contribution in [0.15, 0.2) is 41.3 Å². The van der Waals surface area contributed by atoms with Gasteiger partial charge in [0.1, 0.15) is 0 Å². The number of carbonyl (C=O) groups is 2. The highest BCUT2D eigenvalue weighted by Gasteiger charge is 2.27. The number of amides is 2. The summed E-state index contributed by atoms with van der Waals surface area (Å²) in [5, 5.41) is 0.232. The molecule has 1 saturated heterocycles. The Labute approximate surface area is 190 Å². The maximum atomic E-state index is 12.6. The molecule has 0 spiro atoms. The predicted molar refractivity (Wildman–Crippen MR) is 116 cm³/mol. The summed E-state index contributed by atoms with van der Waals surface area (Å²) in [7, 11) is -3.56. The standard InChI is InChI=1S/C21H22ClN3O6S/c22-17-12-15(13-18-19(17)31-11-3-10-30-18)21(27)24-23-20(26)14-4-6-16(7-5-14)32(28,29)25-8-1-2-9-25/h4-7,12-13H,1-3,8-11H2,(H,23,26)(H,24,27). The molecule has 32 heavy (non-hydrogen) atoms. The van der Waals surface area contributed by atoms with Crippen LogP contribution in [0.5, 0.6) is 11.5 Å². The minimum absolute atomic E-state index is 0.127. The topological polar surface area (TPSA) is 114 Å². The maximum Gasteiger partial charge on any atom is 0.269 e. The van der Waals surface area contributed by atoms with Crippen LogP contribution in [0.2, 0.25) is 5.02 Å². The van der Waals surface area contributed by atoms with Crippen molar-refractivity contribution in [1.82, 2.24) is 15.2 Å². The Hall–Kier alpha value is -2.82.